The van der Waals surface area contributed by atoms with Gasteiger partial charge < -0.3 is 0 Å². The van der Waals surface area contributed by atoms with Gasteiger partial charge in [-0.1, -0.05) is 28.1 Å². The van der Waals surface area contributed by atoms with Crippen molar-refractivity contribution in [3.63, 3.8) is 0 Å². The largest absolute Gasteiger partial charge is 0.300 e. The van der Waals surface area contributed by atoms with Crippen LogP contribution in [0.2, 0.25) is 0 Å². The molecule has 0 spiro atoms. The second-order valence-electron chi connectivity index (χ2n) is 4.76. The minimum absolute atomic E-state index is 0.389. The van der Waals surface area contributed by atoms with Gasteiger partial charge in [-0.3, -0.25) is 9.69 Å². The molecular weight excluding hydrogens is 278 g/mol. The SMILES string of the molecule is Cc1ccc(C(C)N2CCC(=O)CC2)cc1Br. The summed E-state index contributed by atoms with van der Waals surface area (Å²) < 4.78 is 1.16. The van der Waals surface area contributed by atoms with Crippen molar-refractivity contribution < 1.29 is 4.79 Å². The van der Waals surface area contributed by atoms with E-state index in [9.17, 15) is 4.79 Å². The first-order valence-electron chi connectivity index (χ1n) is 6.09. The smallest absolute Gasteiger partial charge is 0.135 e. The average Bonchev–Trinajstić information content (AvgIpc) is 2.33. The summed E-state index contributed by atoms with van der Waals surface area (Å²) in [6.45, 7) is 6.10. The standard InChI is InChI=1S/C14H18BrNO/c1-10-3-4-12(9-14(10)15)11(2)16-7-5-13(17)6-8-16/h3-4,9,11H,5-8H2,1-2H3. The van der Waals surface area contributed by atoms with Crippen LogP contribution in [0.25, 0.3) is 0 Å². The minimum Gasteiger partial charge on any atom is -0.300 e. The van der Waals surface area contributed by atoms with E-state index in [0.29, 0.717) is 24.7 Å². The van der Waals surface area contributed by atoms with Crippen molar-refractivity contribution >= 4 is 21.7 Å². The zero-order chi connectivity index (χ0) is 12.4. The Kier molecular flexibility index (Phi) is 4.00. The van der Waals surface area contributed by atoms with Crippen LogP contribution in [0.3, 0.4) is 0 Å². The maximum atomic E-state index is 11.2. The number of carbonyl (C=O) groups excluding carboxylic acids is 1. The lowest BCUT2D eigenvalue weighted by molar-refractivity contribution is -0.121. The van der Waals surface area contributed by atoms with E-state index in [2.05, 4.69) is 52.9 Å². The zero-order valence-corrected chi connectivity index (χ0v) is 12.0. The molecule has 0 radical (unpaired) electrons. The Bertz CT molecular complexity index is 420. The number of piperidine rings is 1. The topological polar surface area (TPSA) is 20.3 Å². The molecule has 0 amide bonds. The van der Waals surface area contributed by atoms with Crippen LogP contribution in [-0.4, -0.2) is 23.8 Å². The molecule has 0 aromatic heterocycles. The molecule has 1 fully saturated rings. The van der Waals surface area contributed by atoms with Crippen LogP contribution in [0.5, 0.6) is 0 Å². The number of hydrogen-bond donors (Lipinski definition) is 0. The highest BCUT2D eigenvalue weighted by Crippen LogP contribution is 2.27. The van der Waals surface area contributed by atoms with Gasteiger partial charge in [-0.05, 0) is 31.0 Å². The number of likely N-dealkylation sites (tertiary alicyclic amines) is 1. The summed E-state index contributed by atoms with van der Waals surface area (Å²) in [6, 6.07) is 6.91. The molecule has 1 saturated heterocycles. The maximum absolute atomic E-state index is 11.2. The van der Waals surface area contributed by atoms with Gasteiger partial charge in [0.1, 0.15) is 5.78 Å². The van der Waals surface area contributed by atoms with Crippen LogP contribution in [0, 0.1) is 6.92 Å². The molecule has 2 rings (SSSR count). The van der Waals surface area contributed by atoms with Crippen LogP contribution >= 0.6 is 15.9 Å². The molecule has 1 aromatic carbocycles. The number of rotatable bonds is 2. The Morgan fingerprint density at radius 3 is 2.53 bits per heavy atom. The number of ketones is 1. The molecule has 1 heterocycles. The lowest BCUT2D eigenvalue weighted by Crippen LogP contribution is -2.35. The van der Waals surface area contributed by atoms with E-state index in [4.69, 9.17) is 0 Å². The molecule has 2 nitrogen and oxygen atoms in total. The molecule has 1 aliphatic heterocycles. The van der Waals surface area contributed by atoms with Crippen LogP contribution in [0.4, 0.5) is 0 Å². The van der Waals surface area contributed by atoms with Crippen LogP contribution in [-0.2, 0) is 4.79 Å². The van der Waals surface area contributed by atoms with Crippen molar-refractivity contribution in [2.24, 2.45) is 0 Å². The van der Waals surface area contributed by atoms with Crippen molar-refractivity contribution in [1.82, 2.24) is 4.90 Å². The highest BCUT2D eigenvalue weighted by atomic mass is 79.9. The fourth-order valence-electron chi connectivity index (χ4n) is 2.24. The van der Waals surface area contributed by atoms with Crippen molar-refractivity contribution in [3.8, 4) is 0 Å². The molecule has 0 bridgehead atoms. The van der Waals surface area contributed by atoms with Gasteiger partial charge in [-0.15, -0.1) is 0 Å². The number of aryl methyl sites for hydroxylation is 1. The number of Topliss-reactive ketones (excluding diaryl/α,β-unsaturated/α-hetero) is 1. The van der Waals surface area contributed by atoms with Gasteiger partial charge in [0, 0.05) is 36.4 Å². The zero-order valence-electron chi connectivity index (χ0n) is 10.4. The lowest BCUT2D eigenvalue weighted by Gasteiger charge is -2.32. The lowest BCUT2D eigenvalue weighted by atomic mass is 10.0. The van der Waals surface area contributed by atoms with Crippen LogP contribution in [0.1, 0.15) is 36.9 Å². The molecule has 0 N–H and O–H groups in total. The molecule has 1 unspecified atom stereocenters. The van der Waals surface area contributed by atoms with E-state index >= 15 is 0 Å². The Hall–Kier alpha value is -0.670. The molecule has 17 heavy (non-hydrogen) atoms. The van der Waals surface area contributed by atoms with Crippen molar-refractivity contribution in [1.29, 1.82) is 0 Å². The first kappa shape index (κ1) is 12.8. The van der Waals surface area contributed by atoms with Crippen molar-refractivity contribution in [3.05, 3.63) is 33.8 Å². The Labute approximate surface area is 111 Å². The normalized spacial score (nSPS) is 19.4. The highest BCUT2D eigenvalue weighted by Gasteiger charge is 2.21. The quantitative estimate of drug-likeness (QED) is 0.832. The predicted molar refractivity (Wildman–Crippen MR) is 73.1 cm³/mol. The fraction of sp³-hybridized carbons (Fsp3) is 0.500. The first-order valence-corrected chi connectivity index (χ1v) is 6.89. The third-order valence-electron chi connectivity index (χ3n) is 3.58. The monoisotopic (exact) mass is 295 g/mol. The summed E-state index contributed by atoms with van der Waals surface area (Å²) in [6.07, 6.45) is 1.41. The van der Waals surface area contributed by atoms with Gasteiger partial charge in [-0.2, -0.15) is 0 Å². The number of halogens is 1. The first-order chi connectivity index (χ1) is 8.08. The summed E-state index contributed by atoms with van der Waals surface area (Å²) in [5, 5.41) is 0. The summed E-state index contributed by atoms with van der Waals surface area (Å²) in [7, 11) is 0. The second-order valence-corrected chi connectivity index (χ2v) is 5.61. The molecule has 92 valence electrons. The average molecular weight is 296 g/mol. The molecule has 1 atom stereocenters. The summed E-state index contributed by atoms with van der Waals surface area (Å²) in [4.78, 5) is 13.6. The molecule has 1 aliphatic rings. The van der Waals surface area contributed by atoms with E-state index in [-0.39, 0.29) is 0 Å². The van der Waals surface area contributed by atoms with E-state index < -0.39 is 0 Å². The summed E-state index contributed by atoms with van der Waals surface area (Å²) in [5.41, 5.74) is 2.58. The highest BCUT2D eigenvalue weighted by molar-refractivity contribution is 9.10. The summed E-state index contributed by atoms with van der Waals surface area (Å²) in [5.74, 6) is 0.401. The van der Waals surface area contributed by atoms with Crippen molar-refractivity contribution in [2.45, 2.75) is 32.7 Å². The minimum atomic E-state index is 0.389. The predicted octanol–water partition coefficient (Wildman–Crippen LogP) is 3.48. The van der Waals surface area contributed by atoms with Gasteiger partial charge in [0.25, 0.3) is 0 Å². The number of nitrogens with zero attached hydrogens (tertiary/aromatic N) is 1. The Morgan fingerprint density at radius 1 is 1.29 bits per heavy atom. The third-order valence-corrected chi connectivity index (χ3v) is 4.44. The van der Waals surface area contributed by atoms with E-state index in [1.165, 1.54) is 11.1 Å². The van der Waals surface area contributed by atoms with Gasteiger partial charge in [0.05, 0.1) is 0 Å². The van der Waals surface area contributed by atoms with Crippen LogP contribution < -0.4 is 0 Å². The van der Waals surface area contributed by atoms with Crippen molar-refractivity contribution in [2.75, 3.05) is 13.1 Å². The Balaban J connectivity index is 2.11. The van der Waals surface area contributed by atoms with Crippen LogP contribution in [0.15, 0.2) is 22.7 Å². The van der Waals surface area contributed by atoms with Gasteiger partial charge in [-0.25, -0.2) is 0 Å². The molecule has 0 aliphatic carbocycles. The Morgan fingerprint density at radius 2 is 1.94 bits per heavy atom. The fourth-order valence-corrected chi connectivity index (χ4v) is 2.64. The second kappa shape index (κ2) is 5.32. The summed E-state index contributed by atoms with van der Waals surface area (Å²) >= 11 is 3.58. The third kappa shape index (κ3) is 2.96. The van der Waals surface area contributed by atoms with Gasteiger partial charge in [0.15, 0.2) is 0 Å². The molecular formula is C14H18BrNO. The van der Waals surface area contributed by atoms with Gasteiger partial charge in [0.2, 0.25) is 0 Å². The maximum Gasteiger partial charge on any atom is 0.135 e. The van der Waals surface area contributed by atoms with E-state index in [1.54, 1.807) is 0 Å². The molecule has 3 heteroatoms. The number of benzene rings is 1. The van der Waals surface area contributed by atoms with E-state index in [1.807, 2.05) is 0 Å². The molecule has 0 saturated carbocycles. The van der Waals surface area contributed by atoms with E-state index in [0.717, 1.165) is 17.6 Å². The molecule has 1 aromatic rings. The number of carbonyl (C=O) groups is 1. The van der Waals surface area contributed by atoms with Gasteiger partial charge >= 0.3 is 0 Å². The number of hydrogen-bond acceptors (Lipinski definition) is 2.